The van der Waals surface area contributed by atoms with Gasteiger partial charge in [-0.2, -0.15) is 4.98 Å². The molecule has 1 amide bonds. The van der Waals surface area contributed by atoms with Gasteiger partial charge in [-0.1, -0.05) is 18.2 Å². The highest BCUT2D eigenvalue weighted by Crippen LogP contribution is 2.23. The van der Waals surface area contributed by atoms with Crippen molar-refractivity contribution in [3.05, 3.63) is 47.9 Å². The second-order valence-electron chi connectivity index (χ2n) is 7.69. The second-order valence-corrected chi connectivity index (χ2v) is 7.69. The number of carbonyl (C=O) groups is 1. The minimum atomic E-state index is -0.0567. The van der Waals surface area contributed by atoms with Crippen molar-refractivity contribution in [3.8, 4) is 0 Å². The molecule has 8 heteroatoms. The minimum absolute atomic E-state index is 0.0567. The molecule has 0 N–H and O–H groups in total. The second kappa shape index (κ2) is 7.95. The Hall–Kier alpha value is -3.13. The van der Waals surface area contributed by atoms with Gasteiger partial charge in [-0.25, -0.2) is 4.98 Å². The maximum atomic E-state index is 12.9. The third-order valence-corrected chi connectivity index (χ3v) is 5.65. The van der Waals surface area contributed by atoms with Gasteiger partial charge in [0.15, 0.2) is 5.76 Å². The van der Waals surface area contributed by atoms with Crippen LogP contribution in [0.5, 0.6) is 0 Å². The summed E-state index contributed by atoms with van der Waals surface area (Å²) in [4.78, 5) is 28.6. The van der Waals surface area contributed by atoms with E-state index < -0.39 is 0 Å². The van der Waals surface area contributed by atoms with Crippen molar-refractivity contribution in [1.82, 2.24) is 14.9 Å². The molecule has 0 radical (unpaired) electrons. The number of aryl methyl sites for hydroxylation is 1. The van der Waals surface area contributed by atoms with Crippen LogP contribution in [-0.2, 0) is 4.74 Å². The van der Waals surface area contributed by atoms with E-state index in [0.29, 0.717) is 32.1 Å². The van der Waals surface area contributed by atoms with Gasteiger partial charge in [-0.15, -0.1) is 0 Å². The fourth-order valence-electron chi connectivity index (χ4n) is 3.99. The van der Waals surface area contributed by atoms with Crippen LogP contribution in [0.4, 0.5) is 11.8 Å². The summed E-state index contributed by atoms with van der Waals surface area (Å²) in [5.74, 6) is 2.02. The van der Waals surface area contributed by atoms with Crippen LogP contribution < -0.4 is 9.80 Å². The highest BCUT2D eigenvalue weighted by molar-refractivity contribution is 5.96. The van der Waals surface area contributed by atoms with Crippen LogP contribution in [0.1, 0.15) is 16.2 Å². The number of para-hydroxylation sites is 1. The van der Waals surface area contributed by atoms with E-state index in [4.69, 9.17) is 14.1 Å². The smallest absolute Gasteiger partial charge is 0.289 e. The van der Waals surface area contributed by atoms with Crippen LogP contribution in [0, 0.1) is 6.92 Å². The van der Waals surface area contributed by atoms with Crippen molar-refractivity contribution in [2.45, 2.75) is 6.92 Å². The Morgan fingerprint density at radius 3 is 2.47 bits per heavy atom. The summed E-state index contributed by atoms with van der Waals surface area (Å²) in [5, 5.41) is 0.951. The summed E-state index contributed by atoms with van der Waals surface area (Å²) in [7, 11) is 0. The van der Waals surface area contributed by atoms with Crippen LogP contribution in [-0.4, -0.2) is 73.3 Å². The van der Waals surface area contributed by atoms with Gasteiger partial charge in [-0.05, 0) is 19.1 Å². The number of ether oxygens (including phenoxy) is 1. The first-order valence-corrected chi connectivity index (χ1v) is 10.4. The predicted octanol–water partition coefficient (Wildman–Crippen LogP) is 2.33. The zero-order chi connectivity index (χ0) is 20.5. The summed E-state index contributed by atoms with van der Waals surface area (Å²) in [6, 6.07) is 11.5. The molecule has 0 saturated carbocycles. The standard InChI is InChI=1S/C22H25N5O3/c1-16-14-20(24-22(23-16)27-10-12-29-13-11-27)25-6-8-26(9-7-25)21(28)19-15-17-4-2-3-5-18(17)30-19/h2-5,14-15H,6-13H2,1H3. The first-order valence-electron chi connectivity index (χ1n) is 10.4. The summed E-state index contributed by atoms with van der Waals surface area (Å²) in [6.07, 6.45) is 0. The van der Waals surface area contributed by atoms with Crippen molar-refractivity contribution in [2.75, 3.05) is 62.3 Å². The van der Waals surface area contributed by atoms with Crippen molar-refractivity contribution >= 4 is 28.6 Å². The molecule has 5 rings (SSSR count). The maximum absolute atomic E-state index is 12.9. The van der Waals surface area contributed by atoms with E-state index in [2.05, 4.69) is 14.8 Å². The molecule has 30 heavy (non-hydrogen) atoms. The first kappa shape index (κ1) is 18.9. The molecule has 0 aliphatic carbocycles. The van der Waals surface area contributed by atoms with E-state index in [-0.39, 0.29) is 5.91 Å². The van der Waals surface area contributed by atoms with Crippen LogP contribution in [0.15, 0.2) is 40.8 Å². The number of fused-ring (bicyclic) bond motifs is 1. The minimum Gasteiger partial charge on any atom is -0.451 e. The van der Waals surface area contributed by atoms with Gasteiger partial charge in [0.1, 0.15) is 11.4 Å². The molecule has 2 fully saturated rings. The Kier molecular flexibility index (Phi) is 5.00. The first-order chi connectivity index (χ1) is 14.7. The Morgan fingerprint density at radius 1 is 0.933 bits per heavy atom. The summed E-state index contributed by atoms with van der Waals surface area (Å²) < 4.78 is 11.2. The molecule has 2 saturated heterocycles. The van der Waals surface area contributed by atoms with Gasteiger partial charge in [-0.3, -0.25) is 4.79 Å². The number of hydrogen-bond donors (Lipinski definition) is 0. The highest BCUT2D eigenvalue weighted by Gasteiger charge is 2.26. The molecule has 0 bridgehead atoms. The van der Waals surface area contributed by atoms with Crippen LogP contribution >= 0.6 is 0 Å². The number of amides is 1. The van der Waals surface area contributed by atoms with Crippen LogP contribution in [0.25, 0.3) is 11.0 Å². The lowest BCUT2D eigenvalue weighted by Crippen LogP contribution is -2.49. The molecule has 8 nitrogen and oxygen atoms in total. The molecule has 1 aromatic carbocycles. The number of aromatic nitrogens is 2. The quantitative estimate of drug-likeness (QED) is 0.660. The Labute approximate surface area is 175 Å². The lowest BCUT2D eigenvalue weighted by molar-refractivity contribution is 0.0717. The molecular weight excluding hydrogens is 382 g/mol. The van der Waals surface area contributed by atoms with Gasteiger partial charge in [0, 0.05) is 56.4 Å². The maximum Gasteiger partial charge on any atom is 0.289 e. The molecule has 0 unspecified atom stereocenters. The van der Waals surface area contributed by atoms with Gasteiger partial charge >= 0.3 is 0 Å². The van der Waals surface area contributed by atoms with E-state index in [1.165, 1.54) is 0 Å². The number of carbonyl (C=O) groups excluding carboxylic acids is 1. The molecule has 0 spiro atoms. The molecular formula is C22H25N5O3. The summed E-state index contributed by atoms with van der Waals surface area (Å²) in [6.45, 7) is 7.74. The SMILES string of the molecule is Cc1cc(N2CCN(C(=O)c3cc4ccccc4o3)CC2)nc(N2CCOCC2)n1. The van der Waals surface area contributed by atoms with Gasteiger partial charge in [0.05, 0.1) is 13.2 Å². The zero-order valence-electron chi connectivity index (χ0n) is 17.1. The summed E-state index contributed by atoms with van der Waals surface area (Å²) >= 11 is 0. The number of nitrogens with zero attached hydrogens (tertiary/aromatic N) is 5. The average Bonchev–Trinajstić information content (AvgIpc) is 3.23. The molecule has 3 aromatic rings. The van der Waals surface area contributed by atoms with E-state index in [1.54, 1.807) is 0 Å². The van der Waals surface area contributed by atoms with E-state index in [1.807, 2.05) is 48.2 Å². The lowest BCUT2D eigenvalue weighted by atomic mass is 10.2. The highest BCUT2D eigenvalue weighted by atomic mass is 16.5. The number of morpholine rings is 1. The molecule has 0 atom stereocenters. The molecule has 2 aliphatic heterocycles. The molecule has 2 aliphatic rings. The largest absolute Gasteiger partial charge is 0.451 e. The zero-order valence-corrected chi connectivity index (χ0v) is 17.1. The molecule has 156 valence electrons. The Bertz CT molecular complexity index is 1020. The Balaban J connectivity index is 1.27. The van der Waals surface area contributed by atoms with Crippen molar-refractivity contribution in [2.24, 2.45) is 0 Å². The van der Waals surface area contributed by atoms with Gasteiger partial charge in [0.2, 0.25) is 5.95 Å². The number of rotatable bonds is 3. The Morgan fingerprint density at radius 2 is 1.70 bits per heavy atom. The average molecular weight is 407 g/mol. The number of furan rings is 1. The number of anilines is 2. The predicted molar refractivity (Wildman–Crippen MR) is 114 cm³/mol. The van der Waals surface area contributed by atoms with E-state index >= 15 is 0 Å². The monoisotopic (exact) mass is 407 g/mol. The number of piperazine rings is 1. The molecule has 2 aromatic heterocycles. The third-order valence-electron chi connectivity index (χ3n) is 5.65. The summed E-state index contributed by atoms with van der Waals surface area (Å²) in [5.41, 5.74) is 1.69. The third kappa shape index (κ3) is 3.70. The fraction of sp³-hybridized carbons (Fsp3) is 0.409. The van der Waals surface area contributed by atoms with Crippen LogP contribution in [0.3, 0.4) is 0 Å². The number of hydrogen-bond acceptors (Lipinski definition) is 7. The van der Waals surface area contributed by atoms with Crippen LogP contribution in [0.2, 0.25) is 0 Å². The fourth-order valence-corrected chi connectivity index (χ4v) is 3.99. The van der Waals surface area contributed by atoms with Crippen molar-refractivity contribution in [3.63, 3.8) is 0 Å². The molecule has 4 heterocycles. The number of benzene rings is 1. The topological polar surface area (TPSA) is 74.9 Å². The normalized spacial score (nSPS) is 17.6. The lowest BCUT2D eigenvalue weighted by Gasteiger charge is -2.35. The van der Waals surface area contributed by atoms with E-state index in [9.17, 15) is 4.79 Å². The van der Waals surface area contributed by atoms with Crippen molar-refractivity contribution < 1.29 is 13.9 Å². The van der Waals surface area contributed by atoms with E-state index in [0.717, 1.165) is 54.6 Å². The van der Waals surface area contributed by atoms with Gasteiger partial charge in [0.25, 0.3) is 5.91 Å². The van der Waals surface area contributed by atoms with Crippen molar-refractivity contribution in [1.29, 1.82) is 0 Å². The van der Waals surface area contributed by atoms with Gasteiger partial charge < -0.3 is 23.9 Å².